The highest BCUT2D eigenvalue weighted by Crippen LogP contribution is 2.39. The van der Waals surface area contributed by atoms with Crippen molar-refractivity contribution >= 4 is 23.0 Å². The monoisotopic (exact) mass is 376 g/mol. The van der Waals surface area contributed by atoms with E-state index in [1.165, 1.54) is 18.2 Å². The maximum Gasteiger partial charge on any atom is 0.171 e. The van der Waals surface area contributed by atoms with Crippen LogP contribution in [0.1, 0.15) is 38.2 Å². The molecule has 3 rings (SSSR count). The van der Waals surface area contributed by atoms with E-state index in [2.05, 4.69) is 10.6 Å². The molecule has 0 unspecified atom stereocenters. The van der Waals surface area contributed by atoms with Crippen LogP contribution in [-0.2, 0) is 5.54 Å². The third-order valence-corrected chi connectivity index (χ3v) is 4.93. The lowest BCUT2D eigenvalue weighted by molar-refractivity contribution is 0.339. The maximum atomic E-state index is 13.9. The second-order valence-electron chi connectivity index (χ2n) is 6.42. The Hall–Kier alpha value is -2.21. The fourth-order valence-electron chi connectivity index (χ4n) is 3.48. The van der Waals surface area contributed by atoms with Gasteiger partial charge in [-0.1, -0.05) is 31.0 Å². The highest BCUT2D eigenvalue weighted by molar-refractivity contribution is 7.80. The van der Waals surface area contributed by atoms with Crippen LogP contribution in [-0.4, -0.2) is 11.7 Å². The lowest BCUT2D eigenvalue weighted by Crippen LogP contribution is -2.45. The molecule has 0 bridgehead atoms. The second-order valence-corrected chi connectivity index (χ2v) is 6.83. The second kappa shape index (κ2) is 7.99. The van der Waals surface area contributed by atoms with Crippen LogP contribution >= 0.6 is 12.2 Å². The lowest BCUT2D eigenvalue weighted by Gasteiger charge is -2.32. The third kappa shape index (κ3) is 3.96. The van der Waals surface area contributed by atoms with Crippen LogP contribution in [0, 0.1) is 11.6 Å². The molecule has 2 aromatic rings. The molecule has 2 N–H and O–H groups in total. The predicted molar refractivity (Wildman–Crippen MR) is 103 cm³/mol. The summed E-state index contributed by atoms with van der Waals surface area (Å²) in [7, 11) is 0. The molecule has 6 heteroatoms. The summed E-state index contributed by atoms with van der Waals surface area (Å²) in [6.45, 7) is 2.56. The number of hydrogen-bond donors (Lipinski definition) is 2. The first-order valence-corrected chi connectivity index (χ1v) is 9.21. The van der Waals surface area contributed by atoms with Gasteiger partial charge in [-0.15, -0.1) is 0 Å². The summed E-state index contributed by atoms with van der Waals surface area (Å²) in [5.74, 6) is -0.523. The Morgan fingerprint density at radius 1 is 1.08 bits per heavy atom. The molecule has 3 nitrogen and oxygen atoms in total. The van der Waals surface area contributed by atoms with Gasteiger partial charge < -0.3 is 15.4 Å². The van der Waals surface area contributed by atoms with Crippen LogP contribution in [0.5, 0.6) is 5.75 Å². The van der Waals surface area contributed by atoms with Gasteiger partial charge in [0.2, 0.25) is 0 Å². The standard InChI is InChI=1S/C20H22F2N2OS/c1-2-25-15-10-8-14(9-11-15)20(12-3-4-13-20)24-19(26)23-18-16(21)6-5-7-17(18)22/h5-11H,2-4,12-13H2,1H3,(H2,23,24,26). The largest absolute Gasteiger partial charge is 0.494 e. The molecule has 1 fully saturated rings. The molecule has 2 aromatic carbocycles. The van der Waals surface area contributed by atoms with Gasteiger partial charge in [0.05, 0.1) is 12.1 Å². The number of benzene rings is 2. The van der Waals surface area contributed by atoms with Crippen molar-refractivity contribution in [3.63, 3.8) is 0 Å². The van der Waals surface area contributed by atoms with Crippen molar-refractivity contribution in [3.8, 4) is 5.75 Å². The van der Waals surface area contributed by atoms with Crippen LogP contribution in [0.3, 0.4) is 0 Å². The van der Waals surface area contributed by atoms with E-state index in [9.17, 15) is 8.78 Å². The van der Waals surface area contributed by atoms with E-state index in [0.717, 1.165) is 37.0 Å². The molecule has 0 atom stereocenters. The molecule has 0 saturated heterocycles. The minimum atomic E-state index is -0.671. The summed E-state index contributed by atoms with van der Waals surface area (Å²) in [6.07, 6.45) is 3.94. The van der Waals surface area contributed by atoms with Crippen LogP contribution in [0.4, 0.5) is 14.5 Å². The van der Waals surface area contributed by atoms with E-state index in [-0.39, 0.29) is 16.3 Å². The van der Waals surface area contributed by atoms with Crippen LogP contribution in [0.2, 0.25) is 0 Å². The van der Waals surface area contributed by atoms with Gasteiger partial charge in [0.25, 0.3) is 0 Å². The van der Waals surface area contributed by atoms with Gasteiger partial charge in [0, 0.05) is 0 Å². The smallest absolute Gasteiger partial charge is 0.171 e. The number of anilines is 1. The zero-order valence-corrected chi connectivity index (χ0v) is 15.5. The van der Waals surface area contributed by atoms with Gasteiger partial charge >= 0.3 is 0 Å². The molecule has 0 aliphatic heterocycles. The first kappa shape index (κ1) is 18.6. The van der Waals surface area contributed by atoms with E-state index in [4.69, 9.17) is 17.0 Å². The summed E-state index contributed by atoms with van der Waals surface area (Å²) in [5.41, 5.74) is 0.526. The van der Waals surface area contributed by atoms with Crippen molar-refractivity contribution in [2.75, 3.05) is 11.9 Å². The molecule has 26 heavy (non-hydrogen) atoms. The number of ether oxygens (including phenoxy) is 1. The van der Waals surface area contributed by atoms with Crippen molar-refractivity contribution in [2.24, 2.45) is 0 Å². The van der Waals surface area contributed by atoms with E-state index in [0.29, 0.717) is 6.61 Å². The fourth-order valence-corrected chi connectivity index (χ4v) is 3.78. The Balaban J connectivity index is 1.78. The molecule has 1 saturated carbocycles. The number of thiocarbonyl (C=S) groups is 1. The lowest BCUT2D eigenvalue weighted by atomic mass is 9.88. The molecular formula is C20H22F2N2OS. The summed E-state index contributed by atoms with van der Waals surface area (Å²) in [6, 6.07) is 11.6. The Kier molecular flexibility index (Phi) is 5.71. The first-order valence-electron chi connectivity index (χ1n) is 8.80. The van der Waals surface area contributed by atoms with Crippen LogP contribution < -0.4 is 15.4 Å². The minimum absolute atomic E-state index is 0.213. The van der Waals surface area contributed by atoms with Gasteiger partial charge in [-0.25, -0.2) is 8.78 Å². The average Bonchev–Trinajstić information content (AvgIpc) is 3.09. The van der Waals surface area contributed by atoms with Gasteiger partial charge in [-0.05, 0) is 61.8 Å². The fraction of sp³-hybridized carbons (Fsp3) is 0.350. The maximum absolute atomic E-state index is 13.9. The molecule has 1 aliphatic carbocycles. The summed E-state index contributed by atoms with van der Waals surface area (Å²) in [4.78, 5) is 0. The van der Waals surface area contributed by atoms with E-state index >= 15 is 0 Å². The Morgan fingerprint density at radius 3 is 2.27 bits per heavy atom. The van der Waals surface area contributed by atoms with Crippen molar-refractivity contribution in [3.05, 3.63) is 59.7 Å². The quantitative estimate of drug-likeness (QED) is 0.710. The molecule has 138 valence electrons. The van der Waals surface area contributed by atoms with Gasteiger partial charge in [0.1, 0.15) is 23.1 Å². The molecule has 0 radical (unpaired) electrons. The highest BCUT2D eigenvalue weighted by Gasteiger charge is 2.36. The Morgan fingerprint density at radius 2 is 1.69 bits per heavy atom. The third-order valence-electron chi connectivity index (χ3n) is 4.73. The first-order chi connectivity index (χ1) is 12.5. The van der Waals surface area contributed by atoms with Crippen molar-refractivity contribution < 1.29 is 13.5 Å². The van der Waals surface area contributed by atoms with Crippen molar-refractivity contribution in [2.45, 2.75) is 38.1 Å². The van der Waals surface area contributed by atoms with Gasteiger partial charge in [-0.2, -0.15) is 0 Å². The number of para-hydroxylation sites is 1. The topological polar surface area (TPSA) is 33.3 Å². The molecule has 0 aromatic heterocycles. The molecule has 0 spiro atoms. The number of nitrogens with one attached hydrogen (secondary N) is 2. The van der Waals surface area contributed by atoms with Crippen LogP contribution in [0.25, 0.3) is 0 Å². The molecule has 0 amide bonds. The van der Waals surface area contributed by atoms with Gasteiger partial charge in [-0.3, -0.25) is 0 Å². The number of halogens is 2. The zero-order valence-electron chi connectivity index (χ0n) is 14.6. The Labute approximate surface area is 157 Å². The van der Waals surface area contributed by atoms with E-state index in [1.54, 1.807) is 0 Å². The van der Waals surface area contributed by atoms with E-state index < -0.39 is 11.6 Å². The normalized spacial score (nSPS) is 15.5. The summed E-state index contributed by atoms with van der Waals surface area (Å²) < 4.78 is 33.2. The average molecular weight is 376 g/mol. The highest BCUT2D eigenvalue weighted by atomic mass is 32.1. The van der Waals surface area contributed by atoms with Crippen molar-refractivity contribution in [1.29, 1.82) is 0 Å². The summed E-state index contributed by atoms with van der Waals surface area (Å²) >= 11 is 5.35. The SMILES string of the molecule is CCOc1ccc(C2(NC(=S)Nc3c(F)cccc3F)CCCC2)cc1. The number of hydrogen-bond acceptors (Lipinski definition) is 2. The molecule has 1 aliphatic rings. The predicted octanol–water partition coefficient (Wildman–Crippen LogP) is 5.12. The minimum Gasteiger partial charge on any atom is -0.494 e. The van der Waals surface area contributed by atoms with Crippen molar-refractivity contribution in [1.82, 2.24) is 5.32 Å². The zero-order chi connectivity index (χ0) is 18.6. The van der Waals surface area contributed by atoms with Crippen LogP contribution in [0.15, 0.2) is 42.5 Å². The molecular weight excluding hydrogens is 354 g/mol. The Bertz CT molecular complexity index is 754. The van der Waals surface area contributed by atoms with Gasteiger partial charge in [0.15, 0.2) is 5.11 Å². The molecule has 0 heterocycles. The van der Waals surface area contributed by atoms with E-state index in [1.807, 2.05) is 31.2 Å². The summed E-state index contributed by atoms with van der Waals surface area (Å²) in [5, 5.41) is 6.20. The number of rotatable bonds is 5.